The van der Waals surface area contributed by atoms with Gasteiger partial charge in [-0.25, -0.2) is 10.5 Å². The lowest BCUT2D eigenvalue weighted by Gasteiger charge is -2.20. The molecule has 0 aliphatic heterocycles. The third-order valence-electron chi connectivity index (χ3n) is 4.36. The molecule has 0 spiro atoms. The maximum atomic E-state index is 11.1. The molecule has 1 amide bonds. The van der Waals surface area contributed by atoms with E-state index in [1.165, 1.54) is 25.3 Å². The molecule has 25 heavy (non-hydrogen) atoms. The van der Waals surface area contributed by atoms with Crippen molar-refractivity contribution >= 4 is 23.0 Å². The van der Waals surface area contributed by atoms with Crippen molar-refractivity contribution in [2.75, 3.05) is 19.6 Å². The molecule has 0 saturated carbocycles. The van der Waals surface area contributed by atoms with Gasteiger partial charge in [0.25, 0.3) is 5.91 Å². The van der Waals surface area contributed by atoms with Crippen LogP contribution in [0.1, 0.15) is 38.7 Å². The van der Waals surface area contributed by atoms with E-state index in [9.17, 15) is 4.79 Å². The van der Waals surface area contributed by atoms with Crippen molar-refractivity contribution in [2.45, 2.75) is 39.7 Å². The molecule has 1 heterocycles. The zero-order valence-electron chi connectivity index (χ0n) is 15.1. The molecule has 1 aromatic carbocycles. The number of nitrogens with zero attached hydrogens (tertiary/aromatic N) is 3. The normalized spacial score (nSPS) is 11.7. The minimum atomic E-state index is -0.548. The minimum Gasteiger partial charge on any atom is -0.329 e. The third kappa shape index (κ3) is 5.69. The first kappa shape index (κ1) is 19.1. The number of hydroxylamine groups is 1. The van der Waals surface area contributed by atoms with Crippen LogP contribution >= 0.6 is 0 Å². The summed E-state index contributed by atoms with van der Waals surface area (Å²) in [5.74, 6) is -0.548. The van der Waals surface area contributed by atoms with Crippen LogP contribution in [0.4, 0.5) is 0 Å². The number of hydrogen-bond donors (Lipinski definition) is 2. The summed E-state index contributed by atoms with van der Waals surface area (Å²) in [6.45, 7) is 8.59. The Morgan fingerprint density at radius 3 is 2.88 bits per heavy atom. The molecule has 6 nitrogen and oxygen atoms in total. The van der Waals surface area contributed by atoms with Crippen molar-refractivity contribution in [3.8, 4) is 0 Å². The lowest BCUT2D eigenvalue weighted by molar-refractivity contribution is -0.124. The highest BCUT2D eigenvalue weighted by Crippen LogP contribution is 2.16. The van der Waals surface area contributed by atoms with Gasteiger partial charge in [-0.3, -0.25) is 10.0 Å². The van der Waals surface area contributed by atoms with Crippen LogP contribution in [0.15, 0.2) is 30.6 Å². The second kappa shape index (κ2) is 9.96. The van der Waals surface area contributed by atoms with E-state index in [4.69, 9.17) is 5.21 Å². The van der Waals surface area contributed by atoms with Gasteiger partial charge in [0.1, 0.15) is 0 Å². The molecule has 0 radical (unpaired) electrons. The number of likely N-dealkylation sites (N-methyl/N-ethyl adjacent to an activating group) is 1. The number of fused-ring (bicyclic) bond motifs is 1. The molecule has 6 heteroatoms. The highest BCUT2D eigenvalue weighted by molar-refractivity contribution is 5.91. The van der Waals surface area contributed by atoms with Gasteiger partial charge in [0.15, 0.2) is 0 Å². The summed E-state index contributed by atoms with van der Waals surface area (Å²) in [6, 6.07) is 5.90. The highest BCUT2D eigenvalue weighted by atomic mass is 16.5. The van der Waals surface area contributed by atoms with E-state index < -0.39 is 5.91 Å². The second-order valence-corrected chi connectivity index (χ2v) is 6.14. The first-order chi connectivity index (χ1) is 12.2. The lowest BCUT2D eigenvalue weighted by Crippen LogP contribution is -2.28. The molecule has 1 aromatic heterocycles. The largest absolute Gasteiger partial charge is 0.329 e. The molecular weight excluding hydrogens is 316 g/mol. The number of nitrogens with one attached hydrogen (secondary N) is 1. The molecule has 136 valence electrons. The van der Waals surface area contributed by atoms with Crippen molar-refractivity contribution < 1.29 is 10.0 Å². The Kier molecular flexibility index (Phi) is 7.63. The van der Waals surface area contributed by atoms with Crippen LogP contribution in [-0.4, -0.2) is 45.2 Å². The number of carbonyl (C=O) groups is 1. The van der Waals surface area contributed by atoms with Crippen LogP contribution in [0.25, 0.3) is 17.1 Å². The van der Waals surface area contributed by atoms with Gasteiger partial charge in [-0.15, -0.1) is 0 Å². The number of amides is 1. The number of unbranched alkanes of at least 4 members (excludes halogenated alkanes) is 2. The first-order valence-electron chi connectivity index (χ1n) is 8.97. The Morgan fingerprint density at radius 2 is 2.16 bits per heavy atom. The molecule has 2 aromatic rings. The zero-order chi connectivity index (χ0) is 18.1. The maximum absolute atomic E-state index is 11.1. The Bertz CT molecular complexity index is 709. The van der Waals surface area contributed by atoms with E-state index in [0.717, 1.165) is 42.8 Å². The van der Waals surface area contributed by atoms with E-state index in [-0.39, 0.29) is 0 Å². The van der Waals surface area contributed by atoms with E-state index in [0.29, 0.717) is 0 Å². The Hall–Kier alpha value is -2.18. The van der Waals surface area contributed by atoms with Gasteiger partial charge in [-0.2, -0.15) is 0 Å². The van der Waals surface area contributed by atoms with Crippen LogP contribution in [0, 0.1) is 0 Å². The Labute approximate surface area is 149 Å². The van der Waals surface area contributed by atoms with E-state index >= 15 is 0 Å². The van der Waals surface area contributed by atoms with Gasteiger partial charge in [0.2, 0.25) is 0 Å². The average molecular weight is 344 g/mol. The van der Waals surface area contributed by atoms with Gasteiger partial charge in [0.05, 0.1) is 17.4 Å². The van der Waals surface area contributed by atoms with Gasteiger partial charge >= 0.3 is 0 Å². The monoisotopic (exact) mass is 344 g/mol. The maximum Gasteiger partial charge on any atom is 0.267 e. The Morgan fingerprint density at radius 1 is 1.32 bits per heavy atom. The third-order valence-corrected chi connectivity index (χ3v) is 4.36. The fourth-order valence-corrected chi connectivity index (χ4v) is 2.83. The van der Waals surface area contributed by atoms with Crippen LogP contribution in [0.2, 0.25) is 0 Å². The number of imidazole rings is 1. The summed E-state index contributed by atoms with van der Waals surface area (Å²) in [5.41, 5.74) is 4.44. The molecule has 0 atom stereocenters. The average Bonchev–Trinajstić information content (AvgIpc) is 3.04. The van der Waals surface area contributed by atoms with Crippen LogP contribution in [-0.2, 0) is 11.3 Å². The summed E-state index contributed by atoms with van der Waals surface area (Å²) < 4.78 is 2.17. The highest BCUT2D eigenvalue weighted by Gasteiger charge is 2.06. The molecule has 0 unspecified atom stereocenters. The van der Waals surface area contributed by atoms with E-state index in [1.807, 2.05) is 24.5 Å². The molecular formula is C19H28N4O2. The summed E-state index contributed by atoms with van der Waals surface area (Å²) >= 11 is 0. The summed E-state index contributed by atoms with van der Waals surface area (Å²) in [5, 5.41) is 8.51. The van der Waals surface area contributed by atoms with Crippen LogP contribution < -0.4 is 5.48 Å². The number of aromatic nitrogens is 2. The fraction of sp³-hybridized carbons (Fsp3) is 0.474. The first-order valence-corrected chi connectivity index (χ1v) is 8.97. The lowest BCUT2D eigenvalue weighted by atomic mass is 10.2. The van der Waals surface area contributed by atoms with Crippen molar-refractivity contribution in [1.82, 2.24) is 19.9 Å². The van der Waals surface area contributed by atoms with Crippen molar-refractivity contribution in [3.63, 3.8) is 0 Å². The van der Waals surface area contributed by atoms with Crippen LogP contribution in [0.3, 0.4) is 0 Å². The molecule has 0 bridgehead atoms. The summed E-state index contributed by atoms with van der Waals surface area (Å²) in [7, 11) is 0. The minimum absolute atomic E-state index is 0.548. The van der Waals surface area contributed by atoms with E-state index in [2.05, 4.69) is 28.3 Å². The van der Waals surface area contributed by atoms with Crippen molar-refractivity contribution in [3.05, 3.63) is 36.2 Å². The number of hydrogen-bond acceptors (Lipinski definition) is 4. The van der Waals surface area contributed by atoms with Gasteiger partial charge < -0.3 is 9.47 Å². The van der Waals surface area contributed by atoms with Gasteiger partial charge in [-0.1, -0.05) is 32.8 Å². The quantitative estimate of drug-likeness (QED) is 0.301. The summed E-state index contributed by atoms with van der Waals surface area (Å²) in [4.78, 5) is 18.0. The van der Waals surface area contributed by atoms with Gasteiger partial charge in [0, 0.05) is 19.2 Å². The predicted octanol–water partition coefficient (Wildman–Crippen LogP) is 3.07. The molecule has 0 aliphatic carbocycles. The molecule has 2 N–H and O–H groups in total. The van der Waals surface area contributed by atoms with Crippen molar-refractivity contribution in [2.24, 2.45) is 0 Å². The van der Waals surface area contributed by atoms with Crippen molar-refractivity contribution in [1.29, 1.82) is 0 Å². The summed E-state index contributed by atoms with van der Waals surface area (Å²) in [6.07, 6.45) is 8.60. The standard InChI is InChI=1S/C19H28N4O2/c1-3-5-6-11-22(4-2)12-13-23-15-20-17-14-16(7-9-18(17)23)8-10-19(24)21-25/h7-10,14-15,25H,3-6,11-13H2,1-2H3,(H,21,24)/b10-8+. The number of benzene rings is 1. The fourth-order valence-electron chi connectivity index (χ4n) is 2.83. The van der Waals surface area contributed by atoms with Crippen LogP contribution in [0.5, 0.6) is 0 Å². The predicted molar refractivity (Wildman–Crippen MR) is 100 cm³/mol. The molecule has 2 rings (SSSR count). The zero-order valence-corrected chi connectivity index (χ0v) is 15.1. The second-order valence-electron chi connectivity index (χ2n) is 6.14. The molecule has 0 fully saturated rings. The number of rotatable bonds is 10. The topological polar surface area (TPSA) is 70.4 Å². The van der Waals surface area contributed by atoms with Gasteiger partial charge in [-0.05, 0) is 43.3 Å². The number of carbonyl (C=O) groups excluding carboxylic acids is 1. The molecule has 0 saturated heterocycles. The van der Waals surface area contributed by atoms with E-state index in [1.54, 1.807) is 11.6 Å². The molecule has 0 aliphatic rings. The smallest absolute Gasteiger partial charge is 0.267 e. The SMILES string of the molecule is CCCCCN(CC)CCn1cnc2cc(/C=C/C(=O)NO)ccc21. The Balaban J connectivity index is 2.00.